The summed E-state index contributed by atoms with van der Waals surface area (Å²) in [7, 11) is 0. The zero-order valence-corrected chi connectivity index (χ0v) is 17.6. The van der Waals surface area contributed by atoms with E-state index in [1.807, 2.05) is 55.5 Å². The van der Waals surface area contributed by atoms with Crippen LogP contribution in [0.1, 0.15) is 60.0 Å². The van der Waals surface area contributed by atoms with Gasteiger partial charge in [-0.05, 0) is 93.0 Å². The Hall–Kier alpha value is -2.62. The van der Waals surface area contributed by atoms with Crippen LogP contribution < -0.4 is 10.6 Å². The van der Waals surface area contributed by atoms with Crippen LogP contribution in [-0.2, 0) is 11.3 Å². The molecule has 0 radical (unpaired) electrons. The third-order valence-corrected chi connectivity index (χ3v) is 7.47. The van der Waals surface area contributed by atoms with Crippen LogP contribution in [0.3, 0.4) is 0 Å². The van der Waals surface area contributed by atoms with Gasteiger partial charge in [-0.2, -0.15) is 0 Å². The van der Waals surface area contributed by atoms with Gasteiger partial charge >= 0.3 is 0 Å². The summed E-state index contributed by atoms with van der Waals surface area (Å²) in [4.78, 5) is 25.6. The van der Waals surface area contributed by atoms with Crippen molar-refractivity contribution < 1.29 is 9.59 Å². The molecule has 2 aromatic carbocycles. The number of hydrogen-bond acceptors (Lipinski definition) is 2. The predicted octanol–water partition coefficient (Wildman–Crippen LogP) is 5.08. The highest BCUT2D eigenvalue weighted by Crippen LogP contribution is 2.60. The fourth-order valence-corrected chi connectivity index (χ4v) is 6.43. The Morgan fingerprint density at radius 2 is 1.57 bits per heavy atom. The molecule has 0 aliphatic heterocycles. The van der Waals surface area contributed by atoms with Crippen molar-refractivity contribution in [3.8, 4) is 0 Å². The fraction of sp³-hybridized carbons (Fsp3) is 0.462. The summed E-state index contributed by atoms with van der Waals surface area (Å²) in [5.41, 5.74) is 3.41. The Morgan fingerprint density at radius 3 is 2.20 bits per heavy atom. The topological polar surface area (TPSA) is 58.2 Å². The van der Waals surface area contributed by atoms with Crippen molar-refractivity contribution in [2.45, 2.75) is 52.0 Å². The molecule has 156 valence electrons. The molecule has 2 N–H and O–H groups in total. The molecule has 30 heavy (non-hydrogen) atoms. The third kappa shape index (κ3) is 3.76. The minimum absolute atomic E-state index is 0.119. The van der Waals surface area contributed by atoms with Gasteiger partial charge in [0.2, 0.25) is 5.91 Å². The molecule has 2 aromatic rings. The summed E-state index contributed by atoms with van der Waals surface area (Å²) in [5.74, 6) is 2.42. The first-order valence-corrected chi connectivity index (χ1v) is 11.2. The van der Waals surface area contributed by atoms with Crippen LogP contribution in [-0.4, -0.2) is 11.8 Å². The Bertz CT molecular complexity index is 928. The molecule has 4 bridgehead atoms. The number of anilines is 1. The van der Waals surface area contributed by atoms with E-state index in [2.05, 4.69) is 10.6 Å². The Balaban J connectivity index is 1.21. The second-order valence-corrected chi connectivity index (χ2v) is 9.90. The zero-order valence-electron chi connectivity index (χ0n) is 17.6. The summed E-state index contributed by atoms with van der Waals surface area (Å²) in [6.07, 6.45) is 7.27. The average Bonchev–Trinajstić information content (AvgIpc) is 2.72. The maximum atomic E-state index is 13.2. The summed E-state index contributed by atoms with van der Waals surface area (Å²) < 4.78 is 0. The van der Waals surface area contributed by atoms with Gasteiger partial charge in [-0.15, -0.1) is 0 Å². The van der Waals surface area contributed by atoms with Crippen LogP contribution in [0.5, 0.6) is 0 Å². The number of carbonyl (C=O) groups is 2. The van der Waals surface area contributed by atoms with Crippen LogP contribution in [0, 0.1) is 30.1 Å². The van der Waals surface area contributed by atoms with E-state index >= 15 is 0 Å². The van der Waals surface area contributed by atoms with Crippen molar-refractivity contribution in [3.63, 3.8) is 0 Å². The van der Waals surface area contributed by atoms with Crippen LogP contribution >= 0.6 is 0 Å². The van der Waals surface area contributed by atoms with E-state index in [9.17, 15) is 9.59 Å². The summed E-state index contributed by atoms with van der Waals surface area (Å²) in [6, 6.07) is 15.3. The molecule has 0 aromatic heterocycles. The molecule has 0 saturated heterocycles. The van der Waals surface area contributed by atoms with Gasteiger partial charge in [0.25, 0.3) is 5.91 Å². The lowest BCUT2D eigenvalue weighted by atomic mass is 9.49. The van der Waals surface area contributed by atoms with Gasteiger partial charge in [0.1, 0.15) is 0 Å². The molecule has 4 heteroatoms. The van der Waals surface area contributed by atoms with E-state index in [0.717, 1.165) is 53.8 Å². The van der Waals surface area contributed by atoms with Gasteiger partial charge in [-0.3, -0.25) is 9.59 Å². The predicted molar refractivity (Wildman–Crippen MR) is 118 cm³/mol. The molecule has 0 spiro atoms. The van der Waals surface area contributed by atoms with Crippen LogP contribution in [0.15, 0.2) is 48.5 Å². The maximum absolute atomic E-state index is 13.2. The van der Waals surface area contributed by atoms with Crippen molar-refractivity contribution in [3.05, 3.63) is 65.2 Å². The largest absolute Gasteiger partial charge is 0.352 e. The highest BCUT2D eigenvalue weighted by atomic mass is 16.2. The van der Waals surface area contributed by atoms with E-state index in [1.165, 1.54) is 19.3 Å². The number of aryl methyl sites for hydroxylation is 1. The van der Waals surface area contributed by atoms with Gasteiger partial charge in [0.05, 0.1) is 0 Å². The highest BCUT2D eigenvalue weighted by molar-refractivity contribution is 6.04. The molecule has 6 rings (SSSR count). The number of benzene rings is 2. The molecule has 4 fully saturated rings. The van der Waals surface area contributed by atoms with Gasteiger partial charge in [0, 0.05) is 23.2 Å². The Labute approximate surface area is 178 Å². The third-order valence-electron chi connectivity index (χ3n) is 7.47. The molecule has 2 amide bonds. The molecule has 0 atom stereocenters. The van der Waals surface area contributed by atoms with Gasteiger partial charge < -0.3 is 10.6 Å². The first-order valence-electron chi connectivity index (χ1n) is 11.2. The first-order chi connectivity index (χ1) is 14.5. The molecule has 0 unspecified atom stereocenters. The van der Waals surface area contributed by atoms with Crippen molar-refractivity contribution in [1.82, 2.24) is 5.32 Å². The molecular formula is C26H30N2O2. The lowest BCUT2D eigenvalue weighted by Gasteiger charge is -2.55. The quantitative estimate of drug-likeness (QED) is 0.733. The van der Waals surface area contributed by atoms with Crippen LogP contribution in [0.25, 0.3) is 0 Å². The lowest BCUT2D eigenvalue weighted by molar-refractivity contribution is -0.146. The van der Waals surface area contributed by atoms with E-state index < -0.39 is 0 Å². The second kappa shape index (κ2) is 7.57. The molecule has 4 nitrogen and oxygen atoms in total. The SMILES string of the molecule is Cc1ccc(C(=O)Nc2cccc(CNC(=O)C34CC5CC(CC(C5)C3)C4)c2)cc1. The lowest BCUT2D eigenvalue weighted by Crippen LogP contribution is -2.53. The summed E-state index contributed by atoms with van der Waals surface area (Å²) in [5, 5.41) is 6.19. The second-order valence-electron chi connectivity index (χ2n) is 9.90. The number of nitrogens with one attached hydrogen (secondary N) is 2. The van der Waals surface area contributed by atoms with Crippen molar-refractivity contribution in [2.24, 2.45) is 23.2 Å². The normalized spacial score (nSPS) is 28.9. The summed E-state index contributed by atoms with van der Waals surface area (Å²) >= 11 is 0. The number of hydrogen-bond donors (Lipinski definition) is 2. The molecule has 4 aliphatic rings. The minimum atomic E-state index is -0.121. The minimum Gasteiger partial charge on any atom is -0.352 e. The van der Waals surface area contributed by atoms with Crippen LogP contribution in [0.4, 0.5) is 5.69 Å². The molecular weight excluding hydrogens is 372 g/mol. The zero-order chi connectivity index (χ0) is 20.7. The van der Waals surface area contributed by atoms with Gasteiger partial charge in [0.15, 0.2) is 0 Å². The van der Waals surface area contributed by atoms with Crippen LogP contribution in [0.2, 0.25) is 0 Å². The van der Waals surface area contributed by atoms with E-state index in [0.29, 0.717) is 12.1 Å². The molecule has 4 aliphatic carbocycles. The monoisotopic (exact) mass is 402 g/mol. The highest BCUT2D eigenvalue weighted by Gasteiger charge is 2.54. The van der Waals surface area contributed by atoms with Crippen molar-refractivity contribution in [1.29, 1.82) is 0 Å². The van der Waals surface area contributed by atoms with E-state index in [4.69, 9.17) is 0 Å². The standard InChI is InChI=1S/C26H30N2O2/c1-17-5-7-22(8-6-17)24(29)28-23-4-2-3-18(12-23)16-27-25(30)26-13-19-9-20(14-26)11-21(10-19)15-26/h2-8,12,19-21H,9-11,13-16H2,1H3,(H,27,30)(H,28,29). The summed E-state index contributed by atoms with van der Waals surface area (Å²) in [6.45, 7) is 2.51. The maximum Gasteiger partial charge on any atom is 0.255 e. The molecule has 0 heterocycles. The van der Waals surface area contributed by atoms with Gasteiger partial charge in [-0.25, -0.2) is 0 Å². The van der Waals surface area contributed by atoms with Gasteiger partial charge in [-0.1, -0.05) is 29.8 Å². The number of rotatable bonds is 5. The van der Waals surface area contributed by atoms with E-state index in [1.54, 1.807) is 0 Å². The Kier molecular flexibility index (Phi) is 4.88. The smallest absolute Gasteiger partial charge is 0.255 e. The van der Waals surface area contributed by atoms with Crippen molar-refractivity contribution in [2.75, 3.05) is 5.32 Å². The van der Waals surface area contributed by atoms with E-state index in [-0.39, 0.29) is 17.2 Å². The number of carbonyl (C=O) groups excluding carboxylic acids is 2. The average molecular weight is 403 g/mol. The first kappa shape index (κ1) is 19.3. The number of amides is 2. The molecule has 4 saturated carbocycles. The Morgan fingerprint density at radius 1 is 0.933 bits per heavy atom. The fourth-order valence-electron chi connectivity index (χ4n) is 6.43. The van der Waals surface area contributed by atoms with Crippen molar-refractivity contribution >= 4 is 17.5 Å².